The first-order valence-electron chi connectivity index (χ1n) is 15.0. The summed E-state index contributed by atoms with van der Waals surface area (Å²) in [5.74, 6) is 0.658. The summed E-state index contributed by atoms with van der Waals surface area (Å²) < 4.78 is 12.9. The van der Waals surface area contributed by atoms with Crippen molar-refractivity contribution >= 4 is 23.7 Å². The van der Waals surface area contributed by atoms with Gasteiger partial charge in [0.25, 0.3) is 0 Å². The molecule has 1 aliphatic carbocycles. The van der Waals surface area contributed by atoms with Crippen molar-refractivity contribution in [2.45, 2.75) is 44.3 Å². The highest BCUT2D eigenvalue weighted by Gasteiger charge is 2.53. The van der Waals surface area contributed by atoms with Gasteiger partial charge in [0, 0.05) is 18.0 Å². The van der Waals surface area contributed by atoms with Crippen molar-refractivity contribution in [1.29, 1.82) is 0 Å². The molecule has 0 N–H and O–H groups in total. The second-order valence-electron chi connectivity index (χ2n) is 12.5. The third-order valence-corrected chi connectivity index (χ3v) is 9.52. The van der Waals surface area contributed by atoms with Gasteiger partial charge in [-0.15, -0.1) is 0 Å². The van der Waals surface area contributed by atoms with Crippen LogP contribution in [0.2, 0.25) is 0 Å². The molecule has 6 nitrogen and oxygen atoms in total. The smallest absolute Gasteiger partial charge is 0.399 e. The van der Waals surface area contributed by atoms with Crippen molar-refractivity contribution in [2.24, 2.45) is 0 Å². The Kier molecular flexibility index (Phi) is 5.89. The predicted molar refractivity (Wildman–Crippen MR) is 174 cm³/mol. The molecule has 1 fully saturated rings. The van der Waals surface area contributed by atoms with Gasteiger partial charge >= 0.3 is 7.12 Å². The average Bonchev–Trinajstić information content (AvgIpc) is 3.47. The van der Waals surface area contributed by atoms with Gasteiger partial charge in [-0.1, -0.05) is 103 Å². The van der Waals surface area contributed by atoms with Crippen LogP contribution in [0.4, 0.5) is 0 Å². The number of aromatic nitrogens is 4. The van der Waals surface area contributed by atoms with Crippen molar-refractivity contribution in [1.82, 2.24) is 19.9 Å². The molecule has 1 unspecified atom stereocenters. The van der Waals surface area contributed by atoms with Crippen LogP contribution in [-0.2, 0) is 14.7 Å². The molecule has 4 aromatic carbocycles. The van der Waals surface area contributed by atoms with E-state index in [4.69, 9.17) is 19.3 Å². The average molecular weight is 574 g/mol. The van der Waals surface area contributed by atoms with Gasteiger partial charge < -0.3 is 9.31 Å². The van der Waals surface area contributed by atoms with Crippen molar-refractivity contribution in [2.75, 3.05) is 0 Å². The summed E-state index contributed by atoms with van der Waals surface area (Å²) in [5, 5.41) is 0. The van der Waals surface area contributed by atoms with E-state index in [0.29, 0.717) is 17.0 Å². The molecule has 1 saturated heterocycles. The summed E-state index contributed by atoms with van der Waals surface area (Å²) in [6.45, 7) is 8.33. The maximum atomic E-state index is 6.47. The zero-order valence-corrected chi connectivity index (χ0v) is 25.2. The van der Waals surface area contributed by atoms with Crippen LogP contribution in [0.25, 0.3) is 33.5 Å². The molecule has 6 aromatic rings. The lowest BCUT2D eigenvalue weighted by Crippen LogP contribution is -2.41. The first-order chi connectivity index (χ1) is 21.3. The molecular weight excluding hydrogens is 543 g/mol. The molecule has 0 amide bonds. The molecule has 1 aliphatic heterocycles. The number of hydrogen-bond acceptors (Lipinski definition) is 6. The minimum absolute atomic E-state index is 0.434. The number of hydrogen-bond donors (Lipinski definition) is 0. The summed E-state index contributed by atoms with van der Waals surface area (Å²) in [6, 6.07) is 35.8. The molecule has 2 aromatic heterocycles. The fourth-order valence-electron chi connectivity index (χ4n) is 6.63. The van der Waals surface area contributed by atoms with Gasteiger partial charge in [0.15, 0.2) is 11.5 Å². The van der Waals surface area contributed by atoms with E-state index < -0.39 is 23.7 Å². The zero-order valence-electron chi connectivity index (χ0n) is 25.2. The molecule has 214 valence electrons. The zero-order chi connectivity index (χ0) is 30.1. The molecule has 7 heteroatoms. The van der Waals surface area contributed by atoms with Crippen LogP contribution in [0.1, 0.15) is 50.2 Å². The van der Waals surface area contributed by atoms with Crippen molar-refractivity contribution in [3.05, 3.63) is 138 Å². The van der Waals surface area contributed by atoms with Crippen LogP contribution in [-0.4, -0.2) is 38.3 Å². The van der Waals surface area contributed by atoms with Crippen LogP contribution >= 0.6 is 0 Å². The molecule has 0 bridgehead atoms. The Balaban J connectivity index is 1.43. The predicted octanol–water partition coefficient (Wildman–Crippen LogP) is 6.75. The van der Waals surface area contributed by atoms with Crippen LogP contribution in [0.5, 0.6) is 0 Å². The largest absolute Gasteiger partial charge is 0.494 e. The second-order valence-corrected chi connectivity index (χ2v) is 12.5. The monoisotopic (exact) mass is 574 g/mol. The lowest BCUT2D eigenvalue weighted by Gasteiger charge is -2.32. The van der Waals surface area contributed by atoms with Crippen LogP contribution in [0.15, 0.2) is 116 Å². The highest BCUT2D eigenvalue weighted by molar-refractivity contribution is 6.62. The van der Waals surface area contributed by atoms with E-state index in [1.54, 1.807) is 12.4 Å². The minimum Gasteiger partial charge on any atom is -0.399 e. The number of rotatable bonds is 4. The molecule has 44 heavy (non-hydrogen) atoms. The van der Waals surface area contributed by atoms with E-state index in [9.17, 15) is 0 Å². The summed E-state index contributed by atoms with van der Waals surface area (Å²) in [5.41, 5.74) is 7.83. The van der Waals surface area contributed by atoms with E-state index >= 15 is 0 Å². The standard InChI is InChI=1S/C37H31BN4O2/c1-35(2)36(3,4)44-38(43-35)26-19-20-30-28(23-26)27-17-11-12-18-29(27)37(30,25-15-9-6-10-16-25)34-41-31(24-13-7-5-8-14-24)32-33(42-34)40-22-21-39-32/h5-23H,1-4H3. The van der Waals surface area contributed by atoms with E-state index in [0.717, 1.165) is 44.5 Å². The second kappa shape index (κ2) is 9.64. The van der Waals surface area contributed by atoms with Crippen LogP contribution in [0, 0.1) is 0 Å². The summed E-state index contributed by atoms with van der Waals surface area (Å²) in [4.78, 5) is 19.9. The van der Waals surface area contributed by atoms with E-state index in [1.807, 2.05) is 24.3 Å². The fourth-order valence-corrected chi connectivity index (χ4v) is 6.63. The van der Waals surface area contributed by atoms with Gasteiger partial charge in [0.05, 0.1) is 11.2 Å². The van der Waals surface area contributed by atoms with Crippen LogP contribution in [0.3, 0.4) is 0 Å². The minimum atomic E-state index is -0.795. The SMILES string of the molecule is CC1(C)OB(c2ccc3c(c2)-c2ccccc2C3(c2ccccc2)c2nc(-c3ccccc3)c3nccnc3n2)OC1(C)C. The van der Waals surface area contributed by atoms with E-state index in [-0.39, 0.29) is 0 Å². The highest BCUT2D eigenvalue weighted by atomic mass is 16.7. The Morgan fingerprint density at radius 1 is 0.614 bits per heavy atom. The summed E-state index contributed by atoms with van der Waals surface area (Å²) in [6.07, 6.45) is 3.39. The van der Waals surface area contributed by atoms with Crippen molar-refractivity contribution in [3.8, 4) is 22.4 Å². The Labute approximate surface area is 257 Å². The van der Waals surface area contributed by atoms with Crippen molar-refractivity contribution < 1.29 is 9.31 Å². The maximum Gasteiger partial charge on any atom is 0.494 e. The van der Waals surface area contributed by atoms with Crippen molar-refractivity contribution in [3.63, 3.8) is 0 Å². The third kappa shape index (κ3) is 3.83. The Morgan fingerprint density at radius 2 is 1.25 bits per heavy atom. The number of benzene rings is 4. The van der Waals surface area contributed by atoms with Gasteiger partial charge in [0.1, 0.15) is 16.6 Å². The molecule has 2 aliphatic rings. The first kappa shape index (κ1) is 26.9. The third-order valence-electron chi connectivity index (χ3n) is 9.52. The normalized spacial score (nSPS) is 19.6. The molecule has 0 saturated carbocycles. The fraction of sp³-hybridized carbons (Fsp3) is 0.189. The van der Waals surface area contributed by atoms with Gasteiger partial charge in [-0.25, -0.2) is 19.9 Å². The maximum absolute atomic E-state index is 6.47. The topological polar surface area (TPSA) is 70.0 Å². The lowest BCUT2D eigenvalue weighted by molar-refractivity contribution is 0.00578. The molecular formula is C37H31BN4O2. The molecule has 8 rings (SSSR count). The number of fused-ring (bicyclic) bond motifs is 4. The van der Waals surface area contributed by atoms with Gasteiger partial charge in [-0.2, -0.15) is 0 Å². The van der Waals surface area contributed by atoms with Gasteiger partial charge in [-0.05, 0) is 61.0 Å². The Bertz CT molecular complexity index is 2030. The molecule has 0 radical (unpaired) electrons. The van der Waals surface area contributed by atoms with Gasteiger partial charge in [-0.3, -0.25) is 0 Å². The van der Waals surface area contributed by atoms with E-state index in [2.05, 4.69) is 117 Å². The Morgan fingerprint density at radius 3 is 2.00 bits per heavy atom. The van der Waals surface area contributed by atoms with Crippen LogP contribution < -0.4 is 5.46 Å². The molecule has 1 atom stereocenters. The summed E-state index contributed by atoms with van der Waals surface area (Å²) in [7, 11) is -0.471. The molecule has 3 heterocycles. The quantitative estimate of drug-likeness (QED) is 0.217. The lowest BCUT2D eigenvalue weighted by atomic mass is 9.70. The number of nitrogens with zero attached hydrogens (tertiary/aromatic N) is 4. The highest BCUT2D eigenvalue weighted by Crippen LogP contribution is 2.55. The first-order valence-corrected chi connectivity index (χ1v) is 15.0. The molecule has 0 spiro atoms. The Hall–Kier alpha value is -4.72. The van der Waals surface area contributed by atoms with E-state index in [1.165, 1.54) is 0 Å². The van der Waals surface area contributed by atoms with Gasteiger partial charge in [0.2, 0.25) is 0 Å². The summed E-state index contributed by atoms with van der Waals surface area (Å²) >= 11 is 0.